The molecule has 7 heteroatoms. The van der Waals surface area contributed by atoms with E-state index in [0.29, 0.717) is 39.7 Å². The highest BCUT2D eigenvalue weighted by Gasteiger charge is 2.13. The Morgan fingerprint density at radius 2 is 1.77 bits per heavy atom. The fourth-order valence-corrected chi connectivity index (χ4v) is 2.90. The second-order valence-corrected chi connectivity index (χ2v) is 6.34. The standard InChI is InChI=1S/C23H15N5O2/c24-28-23(30)19-11-22(27-21-9-10-25-13-20(19)21)17-6-3-15(4-7-17)1-2-16-5-8-18(14-29)26-12-16/h3-14H,24H2,(H,28,30). The Morgan fingerprint density at radius 3 is 2.47 bits per heavy atom. The maximum Gasteiger partial charge on any atom is 0.265 e. The molecule has 0 saturated heterocycles. The minimum Gasteiger partial charge on any atom is -0.296 e. The van der Waals surface area contributed by atoms with Gasteiger partial charge >= 0.3 is 0 Å². The van der Waals surface area contributed by atoms with E-state index in [-0.39, 0.29) is 0 Å². The van der Waals surface area contributed by atoms with Crippen molar-refractivity contribution in [3.05, 3.63) is 89.5 Å². The smallest absolute Gasteiger partial charge is 0.265 e. The molecule has 0 atom stereocenters. The van der Waals surface area contributed by atoms with E-state index in [1.54, 1.807) is 42.9 Å². The molecule has 4 aromatic rings. The van der Waals surface area contributed by atoms with Gasteiger partial charge in [0.2, 0.25) is 0 Å². The van der Waals surface area contributed by atoms with Gasteiger partial charge in [0.1, 0.15) is 5.69 Å². The number of rotatable bonds is 3. The Morgan fingerprint density at radius 1 is 1.00 bits per heavy atom. The molecule has 0 aliphatic rings. The number of amides is 1. The van der Waals surface area contributed by atoms with Crippen molar-refractivity contribution in [1.29, 1.82) is 0 Å². The Kier molecular flexibility index (Phi) is 5.24. The summed E-state index contributed by atoms with van der Waals surface area (Å²) < 4.78 is 0. The van der Waals surface area contributed by atoms with E-state index in [0.717, 1.165) is 11.1 Å². The van der Waals surface area contributed by atoms with Crippen LogP contribution in [0.3, 0.4) is 0 Å². The Balaban J connectivity index is 1.66. The monoisotopic (exact) mass is 393 g/mol. The molecule has 0 spiro atoms. The van der Waals surface area contributed by atoms with E-state index in [1.807, 2.05) is 24.3 Å². The van der Waals surface area contributed by atoms with Gasteiger partial charge in [-0.25, -0.2) is 10.8 Å². The van der Waals surface area contributed by atoms with Crippen LogP contribution in [-0.4, -0.2) is 27.1 Å². The van der Waals surface area contributed by atoms with Gasteiger partial charge in [-0.2, -0.15) is 0 Å². The first-order chi connectivity index (χ1) is 14.7. The summed E-state index contributed by atoms with van der Waals surface area (Å²) >= 11 is 0. The van der Waals surface area contributed by atoms with E-state index < -0.39 is 5.91 Å². The molecule has 0 fully saturated rings. The summed E-state index contributed by atoms with van der Waals surface area (Å²) in [5, 5.41) is 0.626. The second kappa shape index (κ2) is 8.31. The van der Waals surface area contributed by atoms with Crippen molar-refractivity contribution in [2.45, 2.75) is 0 Å². The molecule has 144 valence electrons. The summed E-state index contributed by atoms with van der Waals surface area (Å²) in [6.07, 6.45) is 5.46. The van der Waals surface area contributed by atoms with Gasteiger partial charge in [-0.3, -0.25) is 25.0 Å². The maximum absolute atomic E-state index is 12.2. The molecule has 1 amide bonds. The normalized spacial score (nSPS) is 10.2. The molecule has 4 rings (SSSR count). The Labute approximate surface area is 172 Å². The van der Waals surface area contributed by atoms with Crippen LogP contribution in [0.15, 0.2) is 67.1 Å². The molecule has 3 aromatic heterocycles. The van der Waals surface area contributed by atoms with Gasteiger partial charge in [-0.15, -0.1) is 0 Å². The number of pyridine rings is 3. The molecule has 30 heavy (non-hydrogen) atoms. The van der Waals surface area contributed by atoms with Crippen molar-refractivity contribution in [3.8, 4) is 23.1 Å². The predicted octanol–water partition coefficient (Wildman–Crippen LogP) is 2.51. The molecule has 3 heterocycles. The van der Waals surface area contributed by atoms with Crippen molar-refractivity contribution in [3.63, 3.8) is 0 Å². The zero-order valence-corrected chi connectivity index (χ0v) is 15.7. The quantitative estimate of drug-likeness (QED) is 0.182. The van der Waals surface area contributed by atoms with Crippen LogP contribution in [-0.2, 0) is 0 Å². The van der Waals surface area contributed by atoms with Crippen molar-refractivity contribution < 1.29 is 9.59 Å². The lowest BCUT2D eigenvalue weighted by Crippen LogP contribution is -2.30. The van der Waals surface area contributed by atoms with Crippen molar-refractivity contribution >= 4 is 23.1 Å². The Bertz CT molecular complexity index is 1300. The van der Waals surface area contributed by atoms with E-state index in [9.17, 15) is 9.59 Å². The fourth-order valence-electron chi connectivity index (χ4n) is 2.90. The topological polar surface area (TPSA) is 111 Å². The van der Waals surface area contributed by atoms with Gasteiger partial charge in [0.25, 0.3) is 5.91 Å². The third-order valence-electron chi connectivity index (χ3n) is 4.42. The molecule has 0 bridgehead atoms. The van der Waals surface area contributed by atoms with Crippen LogP contribution in [0, 0.1) is 11.8 Å². The molecule has 1 aromatic carbocycles. The number of nitrogens with one attached hydrogen (secondary N) is 1. The molecule has 7 nitrogen and oxygen atoms in total. The number of nitrogens with two attached hydrogens (primary N) is 1. The second-order valence-electron chi connectivity index (χ2n) is 6.34. The first kappa shape index (κ1) is 18.9. The lowest BCUT2D eigenvalue weighted by molar-refractivity contribution is 0.0955. The number of hydrogen-bond acceptors (Lipinski definition) is 6. The number of hydrogen-bond donors (Lipinski definition) is 2. The molecule has 3 N–H and O–H groups in total. The van der Waals surface area contributed by atoms with Crippen molar-refractivity contribution in [2.75, 3.05) is 0 Å². The highest BCUT2D eigenvalue weighted by atomic mass is 16.2. The van der Waals surface area contributed by atoms with Crippen LogP contribution in [0.5, 0.6) is 0 Å². The van der Waals surface area contributed by atoms with Gasteiger partial charge in [0.05, 0.1) is 16.8 Å². The molecule has 0 radical (unpaired) electrons. The van der Waals surface area contributed by atoms with E-state index in [2.05, 4.69) is 32.2 Å². The molecule has 0 saturated carbocycles. The molecule has 0 unspecified atom stereocenters. The van der Waals surface area contributed by atoms with Gasteiger partial charge in [-0.05, 0) is 36.4 Å². The number of nitrogens with zero attached hydrogens (tertiary/aromatic N) is 3. The lowest BCUT2D eigenvalue weighted by atomic mass is 10.0. The SMILES string of the molecule is NNC(=O)c1cc(-c2ccc(C#Cc3ccc(C=O)nc3)cc2)nc2ccncc12. The third kappa shape index (κ3) is 3.90. The number of hydrazine groups is 1. The highest BCUT2D eigenvalue weighted by Crippen LogP contribution is 2.24. The predicted molar refractivity (Wildman–Crippen MR) is 112 cm³/mol. The molecular weight excluding hydrogens is 378 g/mol. The summed E-state index contributed by atoms with van der Waals surface area (Å²) in [5.41, 5.74) is 6.58. The van der Waals surface area contributed by atoms with Crippen molar-refractivity contribution in [2.24, 2.45) is 5.84 Å². The number of benzene rings is 1. The number of aromatic nitrogens is 3. The minimum absolute atomic E-state index is 0.367. The first-order valence-corrected chi connectivity index (χ1v) is 8.97. The number of fused-ring (bicyclic) bond motifs is 1. The minimum atomic E-state index is -0.409. The summed E-state index contributed by atoms with van der Waals surface area (Å²) in [6.45, 7) is 0. The van der Waals surface area contributed by atoms with Crippen LogP contribution < -0.4 is 11.3 Å². The zero-order chi connectivity index (χ0) is 20.9. The van der Waals surface area contributed by atoms with E-state index >= 15 is 0 Å². The van der Waals surface area contributed by atoms with Gasteiger partial charge < -0.3 is 0 Å². The highest BCUT2D eigenvalue weighted by molar-refractivity contribution is 6.06. The largest absolute Gasteiger partial charge is 0.296 e. The zero-order valence-electron chi connectivity index (χ0n) is 15.7. The number of carbonyl (C=O) groups excluding carboxylic acids is 2. The van der Waals surface area contributed by atoms with E-state index in [1.165, 1.54) is 0 Å². The van der Waals surface area contributed by atoms with Crippen LogP contribution in [0.1, 0.15) is 32.0 Å². The molecular formula is C23H15N5O2. The fraction of sp³-hybridized carbons (Fsp3) is 0. The summed E-state index contributed by atoms with van der Waals surface area (Å²) in [5.74, 6) is 11.0. The first-order valence-electron chi connectivity index (χ1n) is 8.97. The average molecular weight is 393 g/mol. The lowest BCUT2D eigenvalue weighted by Gasteiger charge is -2.08. The summed E-state index contributed by atoms with van der Waals surface area (Å²) in [4.78, 5) is 35.5. The van der Waals surface area contributed by atoms with Crippen LogP contribution in [0.25, 0.3) is 22.2 Å². The Hall–Kier alpha value is -4.41. The van der Waals surface area contributed by atoms with Gasteiger partial charge in [0.15, 0.2) is 6.29 Å². The average Bonchev–Trinajstić information content (AvgIpc) is 2.82. The van der Waals surface area contributed by atoms with Gasteiger partial charge in [0, 0.05) is 40.7 Å². The van der Waals surface area contributed by atoms with Crippen LogP contribution in [0.2, 0.25) is 0 Å². The maximum atomic E-state index is 12.2. The number of carbonyl (C=O) groups is 2. The number of aldehydes is 1. The van der Waals surface area contributed by atoms with E-state index in [4.69, 9.17) is 5.84 Å². The van der Waals surface area contributed by atoms with Crippen LogP contribution >= 0.6 is 0 Å². The number of nitrogen functional groups attached to an aromatic ring is 1. The summed E-state index contributed by atoms with van der Waals surface area (Å²) in [6, 6.07) is 14.3. The third-order valence-corrected chi connectivity index (χ3v) is 4.42. The van der Waals surface area contributed by atoms with Crippen molar-refractivity contribution in [1.82, 2.24) is 20.4 Å². The van der Waals surface area contributed by atoms with Crippen LogP contribution in [0.4, 0.5) is 0 Å². The molecule has 0 aliphatic heterocycles. The molecule has 0 aliphatic carbocycles. The van der Waals surface area contributed by atoms with Gasteiger partial charge in [-0.1, -0.05) is 24.0 Å². The summed E-state index contributed by atoms with van der Waals surface area (Å²) in [7, 11) is 0.